The summed E-state index contributed by atoms with van der Waals surface area (Å²) in [6, 6.07) is 14.3. The first-order valence-corrected chi connectivity index (χ1v) is 7.51. The van der Waals surface area contributed by atoms with Crippen LogP contribution in [-0.2, 0) is 11.3 Å². The van der Waals surface area contributed by atoms with Crippen LogP contribution in [0.15, 0.2) is 53.3 Å². The summed E-state index contributed by atoms with van der Waals surface area (Å²) in [4.78, 5) is 36.0. The normalized spacial score (nSPS) is 10.3. The number of hydrogen-bond donors (Lipinski definition) is 1. The fourth-order valence-electron chi connectivity index (χ4n) is 2.50. The van der Waals surface area contributed by atoms with Gasteiger partial charge < -0.3 is 15.2 Å². The van der Waals surface area contributed by atoms with Gasteiger partial charge in [0.25, 0.3) is 5.56 Å². The Bertz CT molecular complexity index is 1130. The molecule has 3 aromatic rings. The van der Waals surface area contributed by atoms with Crippen LogP contribution in [0.4, 0.5) is 5.69 Å². The van der Waals surface area contributed by atoms with Crippen molar-refractivity contribution in [2.75, 3.05) is 5.32 Å². The van der Waals surface area contributed by atoms with Crippen molar-refractivity contribution in [3.63, 3.8) is 0 Å². The lowest BCUT2D eigenvalue weighted by Crippen LogP contribution is -2.34. The minimum atomic E-state index is -1.54. The van der Waals surface area contributed by atoms with Gasteiger partial charge in [0, 0.05) is 11.1 Å². The maximum atomic E-state index is 12.5. The van der Waals surface area contributed by atoms with Gasteiger partial charge in [-0.15, -0.1) is 0 Å². The SMILES string of the molecule is N#Cc1cccc(NC(=O)Cn2nc(C(=O)[O-])c3ccccc3c2=O)c1. The van der Waals surface area contributed by atoms with E-state index in [9.17, 15) is 19.5 Å². The Balaban J connectivity index is 1.94. The zero-order valence-electron chi connectivity index (χ0n) is 13.3. The Morgan fingerprint density at radius 3 is 2.58 bits per heavy atom. The zero-order valence-corrected chi connectivity index (χ0v) is 13.3. The highest BCUT2D eigenvalue weighted by atomic mass is 16.4. The van der Waals surface area contributed by atoms with Crippen molar-refractivity contribution in [3.8, 4) is 6.07 Å². The van der Waals surface area contributed by atoms with Gasteiger partial charge in [-0.3, -0.25) is 9.59 Å². The third kappa shape index (κ3) is 3.27. The van der Waals surface area contributed by atoms with Gasteiger partial charge >= 0.3 is 0 Å². The highest BCUT2D eigenvalue weighted by Crippen LogP contribution is 2.13. The highest BCUT2D eigenvalue weighted by Gasteiger charge is 2.13. The lowest BCUT2D eigenvalue weighted by atomic mass is 10.1. The van der Waals surface area contributed by atoms with Crippen LogP contribution in [0.5, 0.6) is 0 Å². The molecule has 0 radical (unpaired) electrons. The first-order valence-electron chi connectivity index (χ1n) is 7.51. The molecule has 0 aliphatic carbocycles. The molecule has 0 saturated carbocycles. The molecule has 1 heterocycles. The van der Waals surface area contributed by atoms with E-state index in [0.29, 0.717) is 11.3 Å². The maximum Gasteiger partial charge on any atom is 0.275 e. The van der Waals surface area contributed by atoms with Crippen LogP contribution in [0.25, 0.3) is 10.8 Å². The number of nitrogens with one attached hydrogen (secondary N) is 1. The molecule has 3 rings (SSSR count). The zero-order chi connectivity index (χ0) is 18.7. The number of carbonyl (C=O) groups excluding carboxylic acids is 2. The molecule has 1 amide bonds. The third-order valence-corrected chi connectivity index (χ3v) is 3.63. The van der Waals surface area contributed by atoms with Crippen LogP contribution in [0, 0.1) is 11.3 Å². The van der Waals surface area contributed by atoms with Gasteiger partial charge in [0.05, 0.1) is 23.0 Å². The molecule has 0 unspecified atom stereocenters. The summed E-state index contributed by atoms with van der Waals surface area (Å²) in [7, 11) is 0. The second kappa shape index (κ2) is 6.86. The first-order chi connectivity index (χ1) is 12.5. The van der Waals surface area contributed by atoms with Crippen LogP contribution in [0.1, 0.15) is 16.1 Å². The van der Waals surface area contributed by atoms with Gasteiger partial charge in [-0.2, -0.15) is 10.4 Å². The van der Waals surface area contributed by atoms with E-state index in [0.717, 1.165) is 4.68 Å². The number of nitrogens with zero attached hydrogens (tertiary/aromatic N) is 3. The fraction of sp³-hybridized carbons (Fsp3) is 0.0556. The van der Waals surface area contributed by atoms with Crippen molar-refractivity contribution >= 4 is 28.3 Å². The number of hydrogen-bond acceptors (Lipinski definition) is 6. The molecule has 0 bridgehead atoms. The molecule has 0 aliphatic heterocycles. The number of benzene rings is 2. The molecule has 0 spiro atoms. The first kappa shape index (κ1) is 16.9. The molecule has 8 heteroatoms. The molecular weight excluding hydrogens is 336 g/mol. The standard InChI is InChI=1S/C18H12N4O4/c19-9-11-4-3-5-12(8-11)20-15(23)10-22-17(24)14-7-2-1-6-13(14)16(21-22)18(25)26/h1-8H,10H2,(H,20,23)(H,25,26)/p-1. The quantitative estimate of drug-likeness (QED) is 0.721. The predicted octanol–water partition coefficient (Wildman–Crippen LogP) is 0.270. The van der Waals surface area contributed by atoms with Crippen LogP contribution < -0.4 is 16.0 Å². The van der Waals surface area contributed by atoms with Crippen LogP contribution in [-0.4, -0.2) is 21.7 Å². The number of anilines is 1. The minimum Gasteiger partial charge on any atom is -0.543 e. The van der Waals surface area contributed by atoms with Gasteiger partial charge in [0.2, 0.25) is 5.91 Å². The molecule has 1 N–H and O–H groups in total. The number of fused-ring (bicyclic) bond motifs is 1. The van der Waals surface area contributed by atoms with E-state index in [1.54, 1.807) is 30.3 Å². The number of carboxylic acid groups (broad SMARTS) is 1. The second-order valence-corrected chi connectivity index (χ2v) is 5.39. The molecule has 0 aliphatic rings. The average molecular weight is 347 g/mol. The van der Waals surface area contributed by atoms with E-state index < -0.39 is 29.7 Å². The maximum absolute atomic E-state index is 12.5. The van der Waals surface area contributed by atoms with E-state index in [-0.39, 0.29) is 10.8 Å². The van der Waals surface area contributed by atoms with E-state index in [2.05, 4.69) is 10.4 Å². The Labute approximate surface area is 146 Å². The number of carbonyl (C=O) groups is 2. The Morgan fingerprint density at radius 1 is 1.15 bits per heavy atom. The van der Waals surface area contributed by atoms with Crippen molar-refractivity contribution in [3.05, 3.63) is 70.1 Å². The minimum absolute atomic E-state index is 0.126. The average Bonchev–Trinajstić information content (AvgIpc) is 2.64. The largest absolute Gasteiger partial charge is 0.543 e. The van der Waals surface area contributed by atoms with Gasteiger partial charge in [0.1, 0.15) is 12.2 Å². The number of aromatic carboxylic acids is 1. The van der Waals surface area contributed by atoms with Gasteiger partial charge in [0.15, 0.2) is 0 Å². The molecule has 1 aromatic heterocycles. The van der Waals surface area contributed by atoms with Gasteiger partial charge in [-0.25, -0.2) is 4.68 Å². The lowest BCUT2D eigenvalue weighted by Gasteiger charge is -2.11. The molecule has 0 saturated heterocycles. The molecule has 2 aromatic carbocycles. The van der Waals surface area contributed by atoms with Crippen molar-refractivity contribution in [1.29, 1.82) is 5.26 Å². The van der Waals surface area contributed by atoms with Gasteiger partial charge in [-0.05, 0) is 24.3 Å². The Kier molecular flexibility index (Phi) is 4.45. The molecule has 0 atom stereocenters. The Hall–Kier alpha value is -3.99. The molecule has 128 valence electrons. The third-order valence-electron chi connectivity index (χ3n) is 3.63. The number of rotatable bonds is 4. The highest BCUT2D eigenvalue weighted by molar-refractivity contribution is 6.00. The lowest BCUT2D eigenvalue weighted by molar-refractivity contribution is -0.255. The molecular formula is C18H11N4O4-. The summed E-state index contributed by atoms with van der Waals surface area (Å²) in [5.74, 6) is -2.13. The van der Waals surface area contributed by atoms with Crippen LogP contribution in [0.3, 0.4) is 0 Å². The number of aromatic nitrogens is 2. The molecule has 8 nitrogen and oxygen atoms in total. The summed E-state index contributed by atoms with van der Waals surface area (Å²) in [5, 5.41) is 26.7. The molecule has 0 fully saturated rings. The topological polar surface area (TPSA) is 128 Å². The number of amides is 1. The van der Waals surface area contributed by atoms with Crippen LogP contribution >= 0.6 is 0 Å². The smallest absolute Gasteiger partial charge is 0.275 e. The van der Waals surface area contributed by atoms with E-state index in [1.165, 1.54) is 18.2 Å². The summed E-state index contributed by atoms with van der Waals surface area (Å²) in [5.41, 5.74) is -0.267. The van der Waals surface area contributed by atoms with Crippen molar-refractivity contribution in [1.82, 2.24) is 9.78 Å². The summed E-state index contributed by atoms with van der Waals surface area (Å²) < 4.78 is 0.775. The molecule has 26 heavy (non-hydrogen) atoms. The summed E-state index contributed by atoms with van der Waals surface area (Å²) >= 11 is 0. The van der Waals surface area contributed by atoms with Crippen molar-refractivity contribution < 1.29 is 14.7 Å². The van der Waals surface area contributed by atoms with Crippen molar-refractivity contribution in [2.45, 2.75) is 6.54 Å². The van der Waals surface area contributed by atoms with Gasteiger partial charge in [-0.1, -0.05) is 24.3 Å². The van der Waals surface area contributed by atoms with Crippen LogP contribution in [0.2, 0.25) is 0 Å². The van der Waals surface area contributed by atoms with Crippen molar-refractivity contribution in [2.24, 2.45) is 0 Å². The number of carboxylic acids is 1. The fourth-order valence-corrected chi connectivity index (χ4v) is 2.50. The van der Waals surface area contributed by atoms with E-state index >= 15 is 0 Å². The summed E-state index contributed by atoms with van der Waals surface area (Å²) in [6.45, 7) is -0.485. The predicted molar refractivity (Wildman–Crippen MR) is 90.1 cm³/mol. The summed E-state index contributed by atoms with van der Waals surface area (Å²) in [6.07, 6.45) is 0. The van der Waals surface area contributed by atoms with E-state index in [4.69, 9.17) is 5.26 Å². The van der Waals surface area contributed by atoms with E-state index in [1.807, 2.05) is 6.07 Å². The Morgan fingerprint density at radius 2 is 1.88 bits per heavy atom. The number of nitriles is 1. The second-order valence-electron chi connectivity index (χ2n) is 5.39. The monoisotopic (exact) mass is 347 g/mol.